The first-order valence-corrected chi connectivity index (χ1v) is 5.13. The molecule has 0 spiro atoms. The van der Waals surface area contributed by atoms with E-state index in [4.69, 9.17) is 12.6 Å². The van der Waals surface area contributed by atoms with Gasteiger partial charge in [-0.25, -0.2) is 0 Å². The minimum atomic E-state index is 0.509. The van der Waals surface area contributed by atoms with E-state index in [9.17, 15) is 0 Å². The topological polar surface area (TPSA) is 0 Å². The molecule has 0 atom stereocenters. The van der Waals surface area contributed by atoms with Gasteiger partial charge in [-0.15, -0.1) is 0 Å². The maximum Gasteiger partial charge on any atom is 0.0151 e. The third-order valence-electron chi connectivity index (χ3n) is 2.90. The van der Waals surface area contributed by atoms with E-state index in [-0.39, 0.29) is 0 Å². The van der Waals surface area contributed by atoms with Crippen molar-refractivity contribution in [3.63, 3.8) is 0 Å². The van der Waals surface area contributed by atoms with Crippen LogP contribution in [0.1, 0.15) is 46.5 Å². The van der Waals surface area contributed by atoms with Gasteiger partial charge in [-0.05, 0) is 37.0 Å². The number of hydrogen-bond acceptors (Lipinski definition) is 0. The highest BCUT2D eigenvalue weighted by Crippen LogP contribution is 2.38. The van der Waals surface area contributed by atoms with Crippen LogP contribution in [-0.2, 0) is 0 Å². The minimum absolute atomic E-state index is 0.509. The van der Waals surface area contributed by atoms with Crippen LogP contribution in [0.5, 0.6) is 0 Å². The molecule has 0 aliphatic heterocycles. The van der Waals surface area contributed by atoms with Crippen LogP contribution in [0.3, 0.4) is 0 Å². The molecule has 0 N–H and O–H groups in total. The summed E-state index contributed by atoms with van der Waals surface area (Å²) in [6.07, 6.45) is 5.27. The van der Waals surface area contributed by atoms with E-state index in [1.807, 2.05) is 0 Å². The average molecular weight is 171 g/mol. The lowest BCUT2D eigenvalue weighted by molar-refractivity contribution is 0.182. The molecule has 1 aliphatic carbocycles. The molecule has 1 fully saturated rings. The zero-order valence-electron chi connectivity index (χ0n) is 7.89. The van der Waals surface area contributed by atoms with Crippen LogP contribution in [0.4, 0.5) is 0 Å². The van der Waals surface area contributed by atoms with Crippen LogP contribution in [0.25, 0.3) is 0 Å². The monoisotopic (exact) mass is 171 g/mol. The van der Waals surface area contributed by atoms with Gasteiger partial charge in [0.2, 0.25) is 0 Å². The molecule has 1 radical (unpaired) electrons. The normalized spacial score (nSPS) is 33.8. The quantitative estimate of drug-likeness (QED) is 0.520. The maximum atomic E-state index is 5.26. The predicted molar refractivity (Wildman–Crippen MR) is 52.8 cm³/mol. The molecule has 1 heteroatoms. The fourth-order valence-electron chi connectivity index (χ4n) is 1.93. The van der Waals surface area contributed by atoms with Gasteiger partial charge >= 0.3 is 0 Å². The Balaban J connectivity index is 2.39. The first-order valence-electron chi connectivity index (χ1n) is 4.66. The van der Waals surface area contributed by atoms with Gasteiger partial charge < -0.3 is 0 Å². The van der Waals surface area contributed by atoms with Crippen molar-refractivity contribution in [3.05, 3.63) is 0 Å². The summed E-state index contributed by atoms with van der Waals surface area (Å²) in [5.74, 6) is 0.918. The largest absolute Gasteiger partial charge is 0.0904 e. The van der Waals surface area contributed by atoms with E-state index in [2.05, 4.69) is 20.8 Å². The lowest BCUT2D eigenvalue weighted by atomic mass is 9.72. The summed E-state index contributed by atoms with van der Waals surface area (Å²) in [5.41, 5.74) is 0.509. The summed E-state index contributed by atoms with van der Waals surface area (Å²) < 4.78 is 0. The Morgan fingerprint density at radius 1 is 1.00 bits per heavy atom. The third kappa shape index (κ3) is 2.70. The van der Waals surface area contributed by atoms with E-state index >= 15 is 0 Å². The molecule has 65 valence electrons. The molecule has 0 amide bonds. The highest BCUT2D eigenvalue weighted by Gasteiger charge is 2.28. The van der Waals surface area contributed by atoms with E-state index in [0.29, 0.717) is 10.7 Å². The van der Waals surface area contributed by atoms with Crippen LogP contribution in [-0.4, -0.2) is 5.25 Å². The van der Waals surface area contributed by atoms with Crippen molar-refractivity contribution in [2.75, 3.05) is 0 Å². The van der Waals surface area contributed by atoms with Crippen molar-refractivity contribution in [3.8, 4) is 0 Å². The molecular weight excluding hydrogens is 152 g/mol. The standard InChI is InChI=1S/C10H19S/c1-10(2,3)8-4-6-9(11)7-5-8/h8-9H,4-7H2,1-3H3. The summed E-state index contributed by atoms with van der Waals surface area (Å²) in [7, 11) is 0. The molecule has 0 unspecified atom stereocenters. The summed E-state index contributed by atoms with van der Waals surface area (Å²) in [6, 6.07) is 0. The first kappa shape index (κ1) is 9.44. The summed E-state index contributed by atoms with van der Waals surface area (Å²) in [4.78, 5) is 0. The van der Waals surface area contributed by atoms with Crippen molar-refractivity contribution in [1.82, 2.24) is 0 Å². The Kier molecular flexibility index (Phi) is 2.90. The number of hydrogen-bond donors (Lipinski definition) is 0. The fourth-order valence-corrected chi connectivity index (χ4v) is 2.20. The van der Waals surface area contributed by atoms with Gasteiger partial charge in [-0.3, -0.25) is 0 Å². The van der Waals surface area contributed by atoms with Crippen LogP contribution < -0.4 is 0 Å². The van der Waals surface area contributed by atoms with E-state index in [1.165, 1.54) is 25.7 Å². The van der Waals surface area contributed by atoms with Gasteiger partial charge in [0.1, 0.15) is 0 Å². The molecular formula is C10H19S. The molecule has 0 heterocycles. The summed E-state index contributed by atoms with van der Waals surface area (Å²) in [6.45, 7) is 7.05. The molecule has 0 saturated heterocycles. The SMILES string of the molecule is CC(C)(C)C1CCC([S])CC1. The Labute approximate surface area is 76.2 Å². The zero-order chi connectivity index (χ0) is 8.48. The lowest BCUT2D eigenvalue weighted by Crippen LogP contribution is -2.25. The molecule has 1 aliphatic rings. The van der Waals surface area contributed by atoms with Gasteiger partial charge in [-0.2, -0.15) is 0 Å². The highest BCUT2D eigenvalue weighted by atomic mass is 32.1. The van der Waals surface area contributed by atoms with E-state index in [0.717, 1.165) is 5.92 Å². The highest BCUT2D eigenvalue weighted by molar-refractivity contribution is 7.80. The van der Waals surface area contributed by atoms with Crippen molar-refractivity contribution in [2.24, 2.45) is 11.3 Å². The lowest BCUT2D eigenvalue weighted by Gasteiger charge is -2.35. The second-order valence-electron chi connectivity index (χ2n) is 4.84. The van der Waals surface area contributed by atoms with Gasteiger partial charge in [0.15, 0.2) is 0 Å². The third-order valence-corrected chi connectivity index (χ3v) is 3.37. The van der Waals surface area contributed by atoms with E-state index in [1.54, 1.807) is 0 Å². The van der Waals surface area contributed by atoms with Crippen molar-refractivity contribution >= 4 is 12.6 Å². The first-order chi connectivity index (χ1) is 5.00. The van der Waals surface area contributed by atoms with Gasteiger partial charge in [-0.1, -0.05) is 33.4 Å². The second kappa shape index (κ2) is 3.38. The predicted octanol–water partition coefficient (Wildman–Crippen LogP) is 3.79. The minimum Gasteiger partial charge on any atom is -0.0904 e. The second-order valence-corrected chi connectivity index (χ2v) is 5.51. The molecule has 0 aromatic rings. The Morgan fingerprint density at radius 3 is 1.82 bits per heavy atom. The molecule has 0 bridgehead atoms. The smallest absolute Gasteiger partial charge is 0.0151 e. The van der Waals surface area contributed by atoms with Gasteiger partial charge in [0, 0.05) is 5.25 Å². The van der Waals surface area contributed by atoms with Crippen LogP contribution in [0.15, 0.2) is 0 Å². The molecule has 11 heavy (non-hydrogen) atoms. The zero-order valence-corrected chi connectivity index (χ0v) is 8.71. The fraction of sp³-hybridized carbons (Fsp3) is 1.00. The van der Waals surface area contributed by atoms with Gasteiger partial charge in [0.25, 0.3) is 0 Å². The molecule has 1 saturated carbocycles. The molecule has 0 aromatic carbocycles. The maximum absolute atomic E-state index is 5.26. The number of rotatable bonds is 0. The Bertz CT molecular complexity index is 115. The molecule has 0 aromatic heterocycles. The average Bonchev–Trinajstić information content (AvgIpc) is 1.86. The summed E-state index contributed by atoms with van der Waals surface area (Å²) in [5, 5.41) is 0.577. The van der Waals surface area contributed by atoms with Crippen LogP contribution >= 0.6 is 12.6 Å². The van der Waals surface area contributed by atoms with Gasteiger partial charge in [0.05, 0.1) is 0 Å². The molecule has 1 rings (SSSR count). The van der Waals surface area contributed by atoms with Crippen molar-refractivity contribution < 1.29 is 0 Å². The summed E-state index contributed by atoms with van der Waals surface area (Å²) >= 11 is 5.26. The Morgan fingerprint density at radius 2 is 1.45 bits per heavy atom. The van der Waals surface area contributed by atoms with Crippen molar-refractivity contribution in [2.45, 2.75) is 51.7 Å². The molecule has 0 nitrogen and oxygen atoms in total. The van der Waals surface area contributed by atoms with Crippen LogP contribution in [0, 0.1) is 11.3 Å². The van der Waals surface area contributed by atoms with Crippen molar-refractivity contribution in [1.29, 1.82) is 0 Å². The van der Waals surface area contributed by atoms with E-state index < -0.39 is 0 Å². The Hall–Kier alpha value is 0.350. The van der Waals surface area contributed by atoms with Crippen LogP contribution in [0.2, 0.25) is 0 Å².